The summed E-state index contributed by atoms with van der Waals surface area (Å²) < 4.78 is 11.5. The van der Waals surface area contributed by atoms with Crippen LogP contribution in [0.15, 0.2) is 59.0 Å². The second kappa shape index (κ2) is 20.8. The van der Waals surface area contributed by atoms with E-state index >= 15 is 0 Å². The Balaban J connectivity index is 0.000000849. The molecule has 3 rings (SSSR count). The van der Waals surface area contributed by atoms with Gasteiger partial charge in [-0.3, -0.25) is 4.79 Å². The van der Waals surface area contributed by atoms with Gasteiger partial charge in [0.2, 0.25) is 0 Å². The van der Waals surface area contributed by atoms with Crippen molar-refractivity contribution >= 4 is 34.7 Å². The van der Waals surface area contributed by atoms with Crippen molar-refractivity contribution in [2.45, 2.75) is 98.5 Å². The van der Waals surface area contributed by atoms with Gasteiger partial charge < -0.3 is 24.3 Å². The fourth-order valence-electron chi connectivity index (χ4n) is 5.04. The maximum atomic E-state index is 13.8. The zero-order chi connectivity index (χ0) is 34.8. The molecule has 0 saturated heterocycles. The maximum absolute atomic E-state index is 13.8. The number of nitrogens with zero attached hydrogens (tertiary/aromatic N) is 1. The van der Waals surface area contributed by atoms with E-state index in [1.165, 1.54) is 44.3 Å². The molecule has 0 fully saturated rings. The van der Waals surface area contributed by atoms with Gasteiger partial charge in [0.25, 0.3) is 0 Å². The lowest BCUT2D eigenvalue weighted by molar-refractivity contribution is -0.134. The van der Waals surface area contributed by atoms with Crippen molar-refractivity contribution < 1.29 is 38.5 Å². The minimum Gasteiger partial charge on any atom is -0.478 e. The van der Waals surface area contributed by atoms with Crippen LogP contribution in [-0.2, 0) is 27.2 Å². The number of hydrogen-bond acceptors (Lipinski definition) is 7. The molecule has 0 atom stereocenters. The zero-order valence-electron chi connectivity index (χ0n) is 28.5. The van der Waals surface area contributed by atoms with Crippen molar-refractivity contribution in [2.75, 3.05) is 19.6 Å². The first kappa shape index (κ1) is 38.9. The lowest BCUT2D eigenvalue weighted by atomic mass is 9.97. The summed E-state index contributed by atoms with van der Waals surface area (Å²) >= 11 is 0. The fourth-order valence-corrected chi connectivity index (χ4v) is 5.04. The van der Waals surface area contributed by atoms with Crippen LogP contribution in [0.3, 0.4) is 0 Å². The van der Waals surface area contributed by atoms with Crippen molar-refractivity contribution in [3.8, 4) is 0 Å². The molecule has 47 heavy (non-hydrogen) atoms. The number of furan rings is 1. The SMILES string of the molecule is CCCCc1oc2ccc([14C](=O)OC(C)C)cc2c1C(=O)c1ccc(CCCN(CCCC)CCCC)cc1.O=C(O)/C=C/C(=O)O. The number of unbranched alkanes of at least 4 members (excludes halogenated alkanes) is 3. The fraction of sp³-hybridized carbons (Fsp3) is 0.474. The average molecular weight is 652 g/mol. The maximum Gasteiger partial charge on any atom is 0.338 e. The molecular formula is C38H51NO8. The first-order chi connectivity index (χ1) is 22.5. The molecule has 1 aromatic heterocycles. The van der Waals surface area contributed by atoms with Gasteiger partial charge in [-0.05, 0) is 89.3 Å². The van der Waals surface area contributed by atoms with Crippen LogP contribution in [0.25, 0.3) is 11.0 Å². The lowest BCUT2D eigenvalue weighted by Gasteiger charge is -2.21. The van der Waals surface area contributed by atoms with Crippen LogP contribution in [0.4, 0.5) is 0 Å². The normalized spacial score (nSPS) is 11.2. The van der Waals surface area contributed by atoms with Crippen molar-refractivity contribution in [3.63, 3.8) is 0 Å². The number of hydrogen-bond donors (Lipinski definition) is 2. The number of carboxylic acids is 2. The Morgan fingerprint density at radius 2 is 1.40 bits per heavy atom. The number of aliphatic carboxylic acids is 2. The number of ether oxygens (including phenoxy) is 1. The van der Waals surface area contributed by atoms with Gasteiger partial charge in [0, 0.05) is 29.5 Å². The molecule has 2 aromatic carbocycles. The molecule has 9 heteroatoms. The molecule has 0 unspecified atom stereocenters. The minimum absolute atomic E-state index is 0.0638. The Morgan fingerprint density at radius 1 is 0.830 bits per heavy atom. The summed E-state index contributed by atoms with van der Waals surface area (Å²) in [5.74, 6) is -2.28. The molecule has 9 nitrogen and oxygen atoms in total. The highest BCUT2D eigenvalue weighted by Crippen LogP contribution is 2.31. The second-order valence-electron chi connectivity index (χ2n) is 11.9. The highest BCUT2D eigenvalue weighted by Gasteiger charge is 2.23. The van der Waals surface area contributed by atoms with E-state index in [1.54, 1.807) is 18.2 Å². The minimum atomic E-state index is -1.26. The third kappa shape index (κ3) is 13.6. The monoisotopic (exact) mass is 651 g/mol. The summed E-state index contributed by atoms with van der Waals surface area (Å²) in [6.45, 7) is 13.7. The number of esters is 1. The predicted octanol–water partition coefficient (Wildman–Crippen LogP) is 8.12. The van der Waals surface area contributed by atoms with E-state index in [2.05, 4.69) is 37.8 Å². The summed E-state index contributed by atoms with van der Waals surface area (Å²) in [5, 5.41) is 16.3. The van der Waals surface area contributed by atoms with Gasteiger partial charge in [-0.15, -0.1) is 0 Å². The molecule has 0 aliphatic carbocycles. The number of fused-ring (bicyclic) bond motifs is 1. The van der Waals surface area contributed by atoms with E-state index in [-0.39, 0.29) is 11.9 Å². The second-order valence-corrected chi connectivity index (χ2v) is 11.9. The van der Waals surface area contributed by atoms with Gasteiger partial charge >= 0.3 is 17.9 Å². The molecule has 0 spiro atoms. The van der Waals surface area contributed by atoms with Gasteiger partial charge in [-0.2, -0.15) is 0 Å². The van der Waals surface area contributed by atoms with Crippen molar-refractivity contribution in [1.29, 1.82) is 0 Å². The van der Waals surface area contributed by atoms with E-state index in [0.717, 1.165) is 32.2 Å². The highest BCUT2D eigenvalue weighted by molar-refractivity contribution is 6.17. The Labute approximate surface area is 278 Å². The Hall–Kier alpha value is -4.24. The molecule has 0 bridgehead atoms. The molecular weight excluding hydrogens is 600 g/mol. The van der Waals surface area contributed by atoms with E-state index in [9.17, 15) is 19.2 Å². The van der Waals surface area contributed by atoms with Crippen LogP contribution in [0.2, 0.25) is 0 Å². The molecule has 0 aliphatic rings. The van der Waals surface area contributed by atoms with E-state index in [4.69, 9.17) is 19.4 Å². The van der Waals surface area contributed by atoms with E-state index in [1.807, 2.05) is 26.0 Å². The number of aryl methyl sites for hydroxylation is 2. The van der Waals surface area contributed by atoms with Crippen molar-refractivity contribution in [1.82, 2.24) is 4.90 Å². The quantitative estimate of drug-likeness (QED) is 0.0748. The van der Waals surface area contributed by atoms with Gasteiger partial charge in [-0.1, -0.05) is 64.3 Å². The molecule has 2 N–H and O–H groups in total. The van der Waals surface area contributed by atoms with E-state index < -0.39 is 17.9 Å². The summed E-state index contributed by atoms with van der Waals surface area (Å²) in [7, 11) is 0. The zero-order valence-corrected chi connectivity index (χ0v) is 28.5. The van der Waals surface area contributed by atoms with Crippen molar-refractivity contribution in [2.24, 2.45) is 0 Å². The average Bonchev–Trinajstić information content (AvgIpc) is 3.41. The number of carbonyl (C=O) groups excluding carboxylic acids is 2. The van der Waals surface area contributed by atoms with Crippen LogP contribution in [0.1, 0.15) is 117 Å². The number of carboxylic acid groups (broad SMARTS) is 2. The molecule has 1 heterocycles. The summed E-state index contributed by atoms with van der Waals surface area (Å²) in [6.07, 6.45) is 10.6. The molecule has 256 valence electrons. The van der Waals surface area contributed by atoms with Crippen LogP contribution in [0.5, 0.6) is 0 Å². The Bertz CT molecular complexity index is 1440. The molecule has 0 aliphatic heterocycles. The number of benzene rings is 2. The van der Waals surface area contributed by atoms with Gasteiger partial charge in [0.05, 0.1) is 17.2 Å². The summed E-state index contributed by atoms with van der Waals surface area (Å²) in [5.41, 5.74) is 3.50. The summed E-state index contributed by atoms with van der Waals surface area (Å²) in [6, 6.07) is 13.2. The first-order valence-electron chi connectivity index (χ1n) is 16.8. The number of carbonyl (C=O) groups is 4. The van der Waals surface area contributed by atoms with Gasteiger partial charge in [0.15, 0.2) is 5.78 Å². The Kier molecular flexibility index (Phi) is 17.2. The molecule has 3 aromatic rings. The van der Waals surface area contributed by atoms with Gasteiger partial charge in [-0.25, -0.2) is 14.4 Å². The molecule has 0 saturated carbocycles. The van der Waals surface area contributed by atoms with Crippen LogP contribution in [-0.4, -0.2) is 64.5 Å². The topological polar surface area (TPSA) is 134 Å². The number of rotatable bonds is 19. The van der Waals surface area contributed by atoms with Crippen LogP contribution in [0, 0.1) is 0 Å². The first-order valence-corrected chi connectivity index (χ1v) is 16.8. The standard InChI is InChI=1S/C34H47NO4.C4H4O4/c1-6-9-14-31-32(29-24-28(19-20-30(29)39-31)34(37)38-25(4)5)33(36)27-17-15-26(16-18-27)13-12-23-35(21-10-7-2)22-11-8-3;5-3(6)1-2-4(7)8/h15-20,24-25H,6-14,21-23H2,1-5H3;1-2H,(H,5,6)(H,7,8)/b;2-1+/i34+2;. The largest absolute Gasteiger partial charge is 0.478 e. The smallest absolute Gasteiger partial charge is 0.338 e. The predicted molar refractivity (Wildman–Crippen MR) is 184 cm³/mol. The summed E-state index contributed by atoms with van der Waals surface area (Å²) in [4.78, 5) is 48.1. The molecule has 0 amide bonds. The van der Waals surface area contributed by atoms with Gasteiger partial charge in [0.1, 0.15) is 11.3 Å². The highest BCUT2D eigenvalue weighted by atomic mass is 16.8. The van der Waals surface area contributed by atoms with E-state index in [0.29, 0.717) is 52.0 Å². The molecule has 0 radical (unpaired) electrons. The third-order valence-electron chi connectivity index (χ3n) is 7.50. The lowest BCUT2D eigenvalue weighted by Crippen LogP contribution is -2.27. The van der Waals surface area contributed by atoms with Crippen LogP contribution < -0.4 is 0 Å². The van der Waals surface area contributed by atoms with Crippen LogP contribution >= 0.6 is 0 Å². The number of ketones is 1. The third-order valence-corrected chi connectivity index (χ3v) is 7.50. The van der Waals surface area contributed by atoms with Crippen molar-refractivity contribution in [3.05, 3.63) is 82.6 Å². The Morgan fingerprint density at radius 3 is 1.94 bits per heavy atom.